The molecule has 0 aliphatic carbocycles. The molecule has 4 nitrogen and oxygen atoms in total. The van der Waals surface area contributed by atoms with Crippen molar-refractivity contribution in [3.63, 3.8) is 0 Å². The molecule has 2 rings (SSSR count). The minimum Gasteiger partial charge on any atom is -0.491 e. The summed E-state index contributed by atoms with van der Waals surface area (Å²) in [5.74, 6) is 0.824. The van der Waals surface area contributed by atoms with E-state index in [-0.39, 0.29) is 6.61 Å². The maximum absolute atomic E-state index is 10.5. The molecule has 0 radical (unpaired) electrons. The zero-order valence-electron chi connectivity index (χ0n) is 16.4. The maximum atomic E-state index is 10.5. The predicted molar refractivity (Wildman–Crippen MR) is 106 cm³/mol. The molecule has 0 saturated carbocycles. The third kappa shape index (κ3) is 6.45. The number of ether oxygens (including phenoxy) is 2. The first-order valence-electron chi connectivity index (χ1n) is 9.13. The Bertz CT molecular complexity index is 687. The van der Waals surface area contributed by atoms with E-state index in [0.29, 0.717) is 13.2 Å². The summed E-state index contributed by atoms with van der Waals surface area (Å²) in [6.07, 6.45) is -0.559. The molecule has 4 heteroatoms. The fourth-order valence-electron chi connectivity index (χ4n) is 2.92. The number of aryl methyl sites for hydroxylation is 3. The lowest BCUT2D eigenvalue weighted by Gasteiger charge is -2.26. The SMILES string of the molecule is COCCN(Cc1cc(C)ccc1C)CC(O)COc1ccccc1C. The molecule has 0 amide bonds. The van der Waals surface area contributed by atoms with Crippen molar-refractivity contribution in [1.29, 1.82) is 0 Å². The van der Waals surface area contributed by atoms with Gasteiger partial charge in [-0.05, 0) is 43.5 Å². The molecule has 2 aromatic rings. The van der Waals surface area contributed by atoms with Crippen molar-refractivity contribution in [2.24, 2.45) is 0 Å². The van der Waals surface area contributed by atoms with Gasteiger partial charge in [-0.15, -0.1) is 0 Å². The minimum absolute atomic E-state index is 0.279. The number of methoxy groups -OCH3 is 1. The Morgan fingerprint density at radius 2 is 1.81 bits per heavy atom. The van der Waals surface area contributed by atoms with E-state index in [1.807, 2.05) is 31.2 Å². The Labute approximate surface area is 157 Å². The Morgan fingerprint density at radius 3 is 2.54 bits per heavy atom. The van der Waals surface area contributed by atoms with E-state index in [4.69, 9.17) is 9.47 Å². The second-order valence-corrected chi connectivity index (χ2v) is 6.89. The van der Waals surface area contributed by atoms with Gasteiger partial charge >= 0.3 is 0 Å². The van der Waals surface area contributed by atoms with E-state index in [2.05, 4.69) is 36.9 Å². The maximum Gasteiger partial charge on any atom is 0.122 e. The summed E-state index contributed by atoms with van der Waals surface area (Å²) in [6, 6.07) is 14.4. The second-order valence-electron chi connectivity index (χ2n) is 6.89. The van der Waals surface area contributed by atoms with Crippen LogP contribution in [0.4, 0.5) is 0 Å². The van der Waals surface area contributed by atoms with Crippen LogP contribution in [-0.2, 0) is 11.3 Å². The van der Waals surface area contributed by atoms with E-state index < -0.39 is 6.10 Å². The van der Waals surface area contributed by atoms with Crippen LogP contribution in [0.1, 0.15) is 22.3 Å². The molecule has 1 N–H and O–H groups in total. The molecule has 0 aliphatic rings. The van der Waals surface area contributed by atoms with Crippen LogP contribution in [0.3, 0.4) is 0 Å². The Balaban J connectivity index is 1.95. The molecule has 142 valence electrons. The van der Waals surface area contributed by atoms with Gasteiger partial charge in [0.25, 0.3) is 0 Å². The molecule has 0 saturated heterocycles. The normalized spacial score (nSPS) is 12.4. The van der Waals surface area contributed by atoms with Crippen LogP contribution in [0.15, 0.2) is 42.5 Å². The van der Waals surface area contributed by atoms with Crippen LogP contribution >= 0.6 is 0 Å². The number of para-hydroxylation sites is 1. The largest absolute Gasteiger partial charge is 0.491 e. The van der Waals surface area contributed by atoms with Crippen LogP contribution in [0.5, 0.6) is 5.75 Å². The average Bonchev–Trinajstić information content (AvgIpc) is 2.62. The summed E-state index contributed by atoms with van der Waals surface area (Å²) < 4.78 is 11.0. The summed E-state index contributed by atoms with van der Waals surface area (Å²) in [7, 11) is 1.70. The summed E-state index contributed by atoms with van der Waals surface area (Å²) in [6.45, 7) is 9.25. The number of rotatable bonds is 10. The summed E-state index contributed by atoms with van der Waals surface area (Å²) in [5.41, 5.74) is 4.88. The second kappa shape index (κ2) is 10.3. The number of nitrogens with zero attached hydrogens (tertiary/aromatic N) is 1. The molecule has 2 aromatic carbocycles. The van der Waals surface area contributed by atoms with Gasteiger partial charge in [0, 0.05) is 26.7 Å². The fraction of sp³-hybridized carbons (Fsp3) is 0.455. The molecule has 1 unspecified atom stereocenters. The first kappa shape index (κ1) is 20.4. The van der Waals surface area contributed by atoms with Gasteiger partial charge in [0.05, 0.1) is 6.61 Å². The van der Waals surface area contributed by atoms with Crippen LogP contribution in [0.25, 0.3) is 0 Å². The monoisotopic (exact) mass is 357 g/mol. The summed E-state index contributed by atoms with van der Waals surface area (Å²) >= 11 is 0. The Morgan fingerprint density at radius 1 is 1.04 bits per heavy atom. The smallest absolute Gasteiger partial charge is 0.122 e. The Hall–Kier alpha value is -1.88. The van der Waals surface area contributed by atoms with Gasteiger partial charge in [-0.25, -0.2) is 0 Å². The molecule has 1 atom stereocenters. The fourth-order valence-corrected chi connectivity index (χ4v) is 2.92. The van der Waals surface area contributed by atoms with Crippen molar-refractivity contribution in [3.8, 4) is 5.75 Å². The number of benzene rings is 2. The van der Waals surface area contributed by atoms with Crippen molar-refractivity contribution in [3.05, 3.63) is 64.7 Å². The lowest BCUT2D eigenvalue weighted by atomic mass is 10.1. The number of aliphatic hydroxyl groups is 1. The lowest BCUT2D eigenvalue weighted by molar-refractivity contribution is 0.0540. The molecule has 0 bridgehead atoms. The van der Waals surface area contributed by atoms with Crippen molar-refractivity contribution < 1.29 is 14.6 Å². The van der Waals surface area contributed by atoms with Crippen LogP contribution in [-0.4, -0.2) is 49.5 Å². The third-order valence-corrected chi connectivity index (χ3v) is 4.50. The topological polar surface area (TPSA) is 41.9 Å². The Kier molecular flexibility index (Phi) is 8.10. The minimum atomic E-state index is -0.559. The summed E-state index contributed by atoms with van der Waals surface area (Å²) in [4.78, 5) is 2.22. The first-order valence-corrected chi connectivity index (χ1v) is 9.13. The van der Waals surface area contributed by atoms with Gasteiger partial charge in [-0.3, -0.25) is 4.90 Å². The van der Waals surface area contributed by atoms with E-state index in [1.54, 1.807) is 7.11 Å². The van der Waals surface area contributed by atoms with Crippen molar-refractivity contribution in [1.82, 2.24) is 4.90 Å². The molecule has 0 fully saturated rings. The standard InChI is InChI=1S/C22H31NO3/c1-17-9-10-18(2)20(13-17)14-23(11-12-25-4)15-21(24)16-26-22-8-6-5-7-19(22)3/h5-10,13,21,24H,11-12,14-16H2,1-4H3. The highest BCUT2D eigenvalue weighted by Gasteiger charge is 2.14. The van der Waals surface area contributed by atoms with E-state index >= 15 is 0 Å². The number of hydrogen-bond donors (Lipinski definition) is 1. The van der Waals surface area contributed by atoms with E-state index in [0.717, 1.165) is 24.4 Å². The highest BCUT2D eigenvalue weighted by atomic mass is 16.5. The third-order valence-electron chi connectivity index (χ3n) is 4.50. The molecule has 0 spiro atoms. The quantitative estimate of drug-likeness (QED) is 0.707. The summed E-state index contributed by atoms with van der Waals surface area (Å²) in [5, 5.41) is 10.5. The van der Waals surface area contributed by atoms with Gasteiger partial charge in [0.15, 0.2) is 0 Å². The van der Waals surface area contributed by atoms with Crippen molar-refractivity contribution in [2.45, 2.75) is 33.4 Å². The van der Waals surface area contributed by atoms with Crippen molar-refractivity contribution >= 4 is 0 Å². The lowest BCUT2D eigenvalue weighted by Crippen LogP contribution is -2.37. The molecule has 0 heterocycles. The molecular weight excluding hydrogens is 326 g/mol. The number of hydrogen-bond acceptors (Lipinski definition) is 4. The highest BCUT2D eigenvalue weighted by Crippen LogP contribution is 2.17. The van der Waals surface area contributed by atoms with Crippen LogP contribution in [0, 0.1) is 20.8 Å². The van der Waals surface area contributed by atoms with Gasteiger partial charge in [-0.1, -0.05) is 42.0 Å². The predicted octanol–water partition coefficient (Wildman–Crippen LogP) is 3.50. The molecule has 26 heavy (non-hydrogen) atoms. The molecule has 0 aliphatic heterocycles. The van der Waals surface area contributed by atoms with Gasteiger partial charge in [0.1, 0.15) is 18.5 Å². The molecule has 0 aromatic heterocycles. The van der Waals surface area contributed by atoms with Gasteiger partial charge in [0.2, 0.25) is 0 Å². The van der Waals surface area contributed by atoms with Gasteiger partial charge in [-0.2, -0.15) is 0 Å². The van der Waals surface area contributed by atoms with Gasteiger partial charge < -0.3 is 14.6 Å². The number of aliphatic hydroxyl groups excluding tert-OH is 1. The average molecular weight is 357 g/mol. The van der Waals surface area contributed by atoms with E-state index in [9.17, 15) is 5.11 Å². The van der Waals surface area contributed by atoms with Crippen LogP contribution in [0.2, 0.25) is 0 Å². The zero-order chi connectivity index (χ0) is 18.9. The first-order chi connectivity index (χ1) is 12.5. The molecular formula is C22H31NO3. The zero-order valence-corrected chi connectivity index (χ0v) is 16.4. The van der Waals surface area contributed by atoms with Crippen LogP contribution < -0.4 is 4.74 Å². The van der Waals surface area contributed by atoms with Crippen molar-refractivity contribution in [2.75, 3.05) is 33.4 Å². The van der Waals surface area contributed by atoms with E-state index in [1.165, 1.54) is 16.7 Å². The highest BCUT2D eigenvalue weighted by molar-refractivity contribution is 5.32.